The molecule has 0 radical (unpaired) electrons. The molecule has 3 fully saturated rings. The van der Waals surface area contributed by atoms with Crippen molar-refractivity contribution in [3.8, 4) is 0 Å². The lowest BCUT2D eigenvalue weighted by Crippen LogP contribution is -2.44. The largest absolute Gasteiger partial charge is 0.393 e. The molecule has 2 saturated carbocycles. The minimum atomic E-state index is -0.0865. The first-order valence-corrected chi connectivity index (χ1v) is 10.7. The molecule has 2 aliphatic carbocycles. The molecule has 140 valence electrons. The molecule has 1 N–H and O–H groups in total. The number of rotatable bonds is 6. The van der Waals surface area contributed by atoms with Crippen LogP contribution in [0.1, 0.15) is 84.0 Å². The van der Waals surface area contributed by atoms with E-state index < -0.39 is 0 Å². The Morgan fingerprint density at radius 2 is 1.62 bits per heavy atom. The van der Waals surface area contributed by atoms with Crippen LogP contribution >= 0.6 is 0 Å². The van der Waals surface area contributed by atoms with Gasteiger partial charge in [0.25, 0.3) is 0 Å². The lowest BCUT2D eigenvalue weighted by molar-refractivity contribution is -0.0140. The third kappa shape index (κ3) is 5.71. The normalized spacial score (nSPS) is 36.8. The van der Waals surface area contributed by atoms with E-state index in [1.54, 1.807) is 0 Å². The summed E-state index contributed by atoms with van der Waals surface area (Å²) < 4.78 is 6.20. The molecule has 2 unspecified atom stereocenters. The van der Waals surface area contributed by atoms with Gasteiger partial charge in [-0.05, 0) is 63.7 Å². The Kier molecular flexibility index (Phi) is 7.42. The maximum absolute atomic E-state index is 9.71. The molecule has 1 aliphatic heterocycles. The summed E-state index contributed by atoms with van der Waals surface area (Å²) >= 11 is 0. The molecule has 1 heterocycles. The molecule has 3 rings (SSSR count). The van der Waals surface area contributed by atoms with Crippen molar-refractivity contribution in [3.05, 3.63) is 0 Å². The maximum Gasteiger partial charge on any atom is 0.0597 e. The number of nitrogens with zero attached hydrogens (tertiary/aromatic N) is 1. The van der Waals surface area contributed by atoms with Gasteiger partial charge in [0.1, 0.15) is 0 Å². The number of likely N-dealkylation sites (tertiary alicyclic amines) is 1. The van der Waals surface area contributed by atoms with Crippen molar-refractivity contribution in [2.24, 2.45) is 11.8 Å². The Balaban J connectivity index is 1.27. The Hall–Kier alpha value is -0.120. The van der Waals surface area contributed by atoms with Crippen LogP contribution in [0.3, 0.4) is 0 Å². The lowest BCUT2D eigenvalue weighted by atomic mass is 9.77. The summed E-state index contributed by atoms with van der Waals surface area (Å²) in [5, 5.41) is 9.71. The van der Waals surface area contributed by atoms with Crippen molar-refractivity contribution < 1.29 is 9.84 Å². The first-order chi connectivity index (χ1) is 11.7. The quantitative estimate of drug-likeness (QED) is 0.781. The standard InChI is InChI=1S/C21H39NO2/c1-17-15-20(23)11-12-22(17)13-14-24-21-9-7-19(8-10-21)16-18-5-3-2-4-6-18/h17-21,23H,2-16H2,1H3. The molecule has 3 heteroatoms. The number of hydrogen-bond donors (Lipinski definition) is 1. The molecule has 0 aromatic rings. The zero-order valence-electron chi connectivity index (χ0n) is 15.8. The molecule has 0 aromatic heterocycles. The van der Waals surface area contributed by atoms with Gasteiger partial charge in [0, 0.05) is 19.1 Å². The van der Waals surface area contributed by atoms with E-state index >= 15 is 0 Å². The number of aliphatic hydroxyl groups excluding tert-OH is 1. The first kappa shape index (κ1) is 18.7. The fourth-order valence-electron chi connectivity index (χ4n) is 5.29. The smallest absolute Gasteiger partial charge is 0.0597 e. The van der Waals surface area contributed by atoms with Gasteiger partial charge < -0.3 is 9.84 Å². The van der Waals surface area contributed by atoms with E-state index in [1.807, 2.05) is 0 Å². The van der Waals surface area contributed by atoms with Crippen molar-refractivity contribution in [2.45, 2.75) is 102 Å². The molecule has 2 atom stereocenters. The Morgan fingerprint density at radius 3 is 2.33 bits per heavy atom. The van der Waals surface area contributed by atoms with E-state index in [0.717, 1.165) is 44.4 Å². The zero-order chi connectivity index (χ0) is 16.8. The Labute approximate surface area is 149 Å². The van der Waals surface area contributed by atoms with Gasteiger partial charge >= 0.3 is 0 Å². The first-order valence-electron chi connectivity index (χ1n) is 10.7. The molecule has 0 amide bonds. The van der Waals surface area contributed by atoms with Crippen LogP contribution in [0.5, 0.6) is 0 Å². The summed E-state index contributed by atoms with van der Waals surface area (Å²) in [5.41, 5.74) is 0. The van der Waals surface area contributed by atoms with Crippen LogP contribution in [0, 0.1) is 11.8 Å². The molecule has 0 bridgehead atoms. The Bertz CT molecular complexity index is 348. The topological polar surface area (TPSA) is 32.7 Å². The molecule has 3 nitrogen and oxygen atoms in total. The zero-order valence-corrected chi connectivity index (χ0v) is 15.8. The van der Waals surface area contributed by atoms with E-state index in [1.165, 1.54) is 64.2 Å². The summed E-state index contributed by atoms with van der Waals surface area (Å²) in [6, 6.07) is 0.503. The molecule has 1 saturated heterocycles. The summed E-state index contributed by atoms with van der Waals surface area (Å²) in [6.07, 6.45) is 16.6. The molecular weight excluding hydrogens is 298 g/mol. The van der Waals surface area contributed by atoms with E-state index in [-0.39, 0.29) is 6.10 Å². The fourth-order valence-corrected chi connectivity index (χ4v) is 5.29. The highest BCUT2D eigenvalue weighted by atomic mass is 16.5. The van der Waals surface area contributed by atoms with Crippen LogP contribution < -0.4 is 0 Å². The van der Waals surface area contributed by atoms with E-state index in [2.05, 4.69) is 11.8 Å². The number of hydrogen-bond acceptors (Lipinski definition) is 3. The van der Waals surface area contributed by atoms with Crippen LogP contribution in [0.15, 0.2) is 0 Å². The van der Waals surface area contributed by atoms with Crippen LogP contribution in [-0.2, 0) is 4.74 Å². The van der Waals surface area contributed by atoms with Crippen molar-refractivity contribution in [1.82, 2.24) is 4.90 Å². The van der Waals surface area contributed by atoms with Crippen LogP contribution in [0.4, 0.5) is 0 Å². The van der Waals surface area contributed by atoms with E-state index in [9.17, 15) is 5.11 Å². The second-order valence-corrected chi connectivity index (χ2v) is 8.82. The molecule has 3 aliphatic rings. The average molecular weight is 338 g/mol. The van der Waals surface area contributed by atoms with Gasteiger partial charge in [0.05, 0.1) is 18.8 Å². The average Bonchev–Trinajstić information content (AvgIpc) is 2.59. The highest BCUT2D eigenvalue weighted by molar-refractivity contribution is 4.79. The summed E-state index contributed by atoms with van der Waals surface area (Å²) in [6.45, 7) is 5.17. The highest BCUT2D eigenvalue weighted by Gasteiger charge is 2.26. The van der Waals surface area contributed by atoms with E-state index in [4.69, 9.17) is 4.74 Å². The number of piperidine rings is 1. The van der Waals surface area contributed by atoms with Crippen LogP contribution in [0.25, 0.3) is 0 Å². The van der Waals surface area contributed by atoms with Gasteiger partial charge in [-0.2, -0.15) is 0 Å². The number of aliphatic hydroxyl groups is 1. The SMILES string of the molecule is CC1CC(O)CCN1CCOC1CCC(CC2CCCCC2)CC1. The van der Waals surface area contributed by atoms with Crippen molar-refractivity contribution in [2.75, 3.05) is 19.7 Å². The van der Waals surface area contributed by atoms with Crippen molar-refractivity contribution in [1.29, 1.82) is 0 Å². The molecule has 24 heavy (non-hydrogen) atoms. The minimum Gasteiger partial charge on any atom is -0.393 e. The van der Waals surface area contributed by atoms with Gasteiger partial charge in [-0.25, -0.2) is 0 Å². The second-order valence-electron chi connectivity index (χ2n) is 8.82. The molecule has 0 spiro atoms. The molecular formula is C21H39NO2. The van der Waals surface area contributed by atoms with Gasteiger partial charge in [-0.3, -0.25) is 4.90 Å². The third-order valence-electron chi connectivity index (χ3n) is 6.90. The summed E-state index contributed by atoms with van der Waals surface area (Å²) in [7, 11) is 0. The minimum absolute atomic E-state index is 0.0865. The monoisotopic (exact) mass is 337 g/mol. The highest BCUT2D eigenvalue weighted by Crippen LogP contribution is 2.35. The predicted molar refractivity (Wildman–Crippen MR) is 99.2 cm³/mol. The van der Waals surface area contributed by atoms with Gasteiger partial charge in [0.2, 0.25) is 0 Å². The third-order valence-corrected chi connectivity index (χ3v) is 6.90. The van der Waals surface area contributed by atoms with Gasteiger partial charge in [0.15, 0.2) is 0 Å². The lowest BCUT2D eigenvalue weighted by Gasteiger charge is -2.36. The molecule has 0 aromatic carbocycles. The van der Waals surface area contributed by atoms with Crippen molar-refractivity contribution >= 4 is 0 Å². The maximum atomic E-state index is 9.71. The fraction of sp³-hybridized carbons (Fsp3) is 1.00. The van der Waals surface area contributed by atoms with Crippen molar-refractivity contribution in [3.63, 3.8) is 0 Å². The predicted octanol–water partition coefficient (Wildman–Crippen LogP) is 4.38. The van der Waals surface area contributed by atoms with E-state index in [0.29, 0.717) is 12.1 Å². The van der Waals surface area contributed by atoms with Gasteiger partial charge in [-0.15, -0.1) is 0 Å². The van der Waals surface area contributed by atoms with Crippen LogP contribution in [-0.4, -0.2) is 48.0 Å². The Morgan fingerprint density at radius 1 is 0.917 bits per heavy atom. The summed E-state index contributed by atoms with van der Waals surface area (Å²) in [4.78, 5) is 2.49. The second kappa shape index (κ2) is 9.54. The van der Waals surface area contributed by atoms with Gasteiger partial charge in [-0.1, -0.05) is 32.1 Å². The van der Waals surface area contributed by atoms with Crippen LogP contribution in [0.2, 0.25) is 0 Å². The number of ether oxygens (including phenoxy) is 1. The summed E-state index contributed by atoms with van der Waals surface area (Å²) in [5.74, 6) is 2.02.